The van der Waals surface area contributed by atoms with Crippen LogP contribution in [0.4, 0.5) is 4.79 Å². The van der Waals surface area contributed by atoms with Crippen molar-refractivity contribution in [2.24, 2.45) is 0 Å². The fourth-order valence-electron chi connectivity index (χ4n) is 2.87. The summed E-state index contributed by atoms with van der Waals surface area (Å²) in [5.74, 6) is 0. The summed E-state index contributed by atoms with van der Waals surface area (Å²) in [5.41, 5.74) is 0. The molecule has 0 spiro atoms. The maximum absolute atomic E-state index is 11.8. The number of hydrogen-bond acceptors (Lipinski definition) is 2. The number of carbonyl (C=O) groups excluding carboxylic acids is 1. The zero-order valence-corrected chi connectivity index (χ0v) is 10.3. The van der Waals surface area contributed by atoms with Crippen LogP contribution >= 0.6 is 0 Å². The maximum atomic E-state index is 11.8. The summed E-state index contributed by atoms with van der Waals surface area (Å²) in [7, 11) is 1.93. The van der Waals surface area contributed by atoms with Crippen LogP contribution in [0.1, 0.15) is 39.0 Å². The number of piperidine rings is 1. The van der Waals surface area contributed by atoms with Gasteiger partial charge in [0.15, 0.2) is 0 Å². The summed E-state index contributed by atoms with van der Waals surface area (Å²) in [6, 6.07) is 1.80. The molecule has 2 bridgehead atoms. The number of hydrogen-bond donors (Lipinski definition) is 2. The minimum atomic E-state index is 0.0909. The van der Waals surface area contributed by atoms with Gasteiger partial charge in [0.2, 0.25) is 0 Å². The van der Waals surface area contributed by atoms with Gasteiger partial charge >= 0.3 is 6.03 Å². The van der Waals surface area contributed by atoms with Crippen LogP contribution in [0.2, 0.25) is 0 Å². The number of urea groups is 1. The molecule has 4 heteroatoms. The van der Waals surface area contributed by atoms with Crippen LogP contribution in [0, 0.1) is 0 Å². The quantitative estimate of drug-likeness (QED) is 0.761. The number of nitrogens with one attached hydrogen (secondary N) is 2. The molecule has 0 aromatic rings. The SMILES string of the molecule is CCCNC(=O)N(C)C1CC2CCC(C1)N2. The van der Waals surface area contributed by atoms with Gasteiger partial charge in [0.25, 0.3) is 0 Å². The normalized spacial score (nSPS) is 32.5. The van der Waals surface area contributed by atoms with Crippen molar-refractivity contribution in [1.29, 1.82) is 0 Å². The van der Waals surface area contributed by atoms with Crippen LogP contribution in [0.3, 0.4) is 0 Å². The van der Waals surface area contributed by atoms with Crippen molar-refractivity contribution in [2.75, 3.05) is 13.6 Å². The molecule has 2 heterocycles. The molecule has 92 valence electrons. The van der Waals surface area contributed by atoms with E-state index >= 15 is 0 Å². The molecule has 4 nitrogen and oxygen atoms in total. The van der Waals surface area contributed by atoms with E-state index < -0.39 is 0 Å². The van der Waals surface area contributed by atoms with Gasteiger partial charge in [0, 0.05) is 31.7 Å². The molecular formula is C12H23N3O. The Bertz CT molecular complexity index is 245. The molecule has 2 fully saturated rings. The van der Waals surface area contributed by atoms with Gasteiger partial charge in [-0.1, -0.05) is 6.92 Å². The summed E-state index contributed by atoms with van der Waals surface area (Å²) < 4.78 is 0. The predicted molar refractivity (Wildman–Crippen MR) is 64.4 cm³/mol. The van der Waals surface area contributed by atoms with E-state index in [-0.39, 0.29) is 6.03 Å². The molecule has 2 atom stereocenters. The average Bonchev–Trinajstić information content (AvgIpc) is 2.64. The molecule has 0 aliphatic carbocycles. The summed E-state index contributed by atoms with van der Waals surface area (Å²) >= 11 is 0. The molecule has 0 saturated carbocycles. The molecule has 2 saturated heterocycles. The molecule has 2 aliphatic heterocycles. The topological polar surface area (TPSA) is 44.4 Å². The van der Waals surface area contributed by atoms with Gasteiger partial charge in [-0.25, -0.2) is 4.79 Å². The Morgan fingerprint density at radius 2 is 2.00 bits per heavy atom. The number of rotatable bonds is 3. The van der Waals surface area contributed by atoms with Gasteiger partial charge < -0.3 is 15.5 Å². The van der Waals surface area contributed by atoms with Gasteiger partial charge in [0.1, 0.15) is 0 Å². The molecule has 16 heavy (non-hydrogen) atoms. The van der Waals surface area contributed by atoms with Crippen LogP contribution in [0.25, 0.3) is 0 Å². The van der Waals surface area contributed by atoms with Crippen molar-refractivity contribution in [1.82, 2.24) is 15.5 Å². The first-order chi connectivity index (χ1) is 7.70. The van der Waals surface area contributed by atoms with Crippen molar-refractivity contribution in [3.05, 3.63) is 0 Å². The zero-order valence-electron chi connectivity index (χ0n) is 10.3. The highest BCUT2D eigenvalue weighted by Gasteiger charge is 2.36. The van der Waals surface area contributed by atoms with E-state index in [4.69, 9.17) is 0 Å². The second-order valence-corrected chi connectivity index (χ2v) is 5.11. The minimum Gasteiger partial charge on any atom is -0.338 e. The third-order valence-corrected chi connectivity index (χ3v) is 3.84. The van der Waals surface area contributed by atoms with E-state index in [2.05, 4.69) is 17.6 Å². The molecule has 0 radical (unpaired) electrons. The maximum Gasteiger partial charge on any atom is 0.317 e. The molecule has 2 N–H and O–H groups in total. The molecule has 2 unspecified atom stereocenters. The number of fused-ring (bicyclic) bond motifs is 2. The van der Waals surface area contributed by atoms with Crippen LogP contribution in [-0.4, -0.2) is 42.6 Å². The molecular weight excluding hydrogens is 202 g/mol. The monoisotopic (exact) mass is 225 g/mol. The summed E-state index contributed by atoms with van der Waals surface area (Å²) in [4.78, 5) is 13.7. The third-order valence-electron chi connectivity index (χ3n) is 3.84. The van der Waals surface area contributed by atoms with Crippen molar-refractivity contribution in [3.8, 4) is 0 Å². The Kier molecular flexibility index (Phi) is 3.69. The van der Waals surface area contributed by atoms with E-state index in [1.54, 1.807) is 0 Å². The number of amides is 2. The standard InChI is InChI=1S/C12H23N3O/c1-3-6-13-12(16)15(2)11-7-9-4-5-10(8-11)14-9/h9-11,14H,3-8H2,1-2H3,(H,13,16). The van der Waals surface area contributed by atoms with E-state index in [1.165, 1.54) is 12.8 Å². The predicted octanol–water partition coefficient (Wildman–Crippen LogP) is 1.32. The fourth-order valence-corrected chi connectivity index (χ4v) is 2.87. The second kappa shape index (κ2) is 5.04. The molecule has 2 amide bonds. The molecule has 2 aliphatic rings. The Hall–Kier alpha value is -0.770. The van der Waals surface area contributed by atoms with Crippen LogP contribution in [0.15, 0.2) is 0 Å². The zero-order chi connectivity index (χ0) is 11.5. The lowest BCUT2D eigenvalue weighted by molar-refractivity contribution is 0.165. The van der Waals surface area contributed by atoms with Crippen molar-refractivity contribution in [3.63, 3.8) is 0 Å². The second-order valence-electron chi connectivity index (χ2n) is 5.11. The Labute approximate surface area is 97.8 Å². The lowest BCUT2D eigenvalue weighted by atomic mass is 9.99. The van der Waals surface area contributed by atoms with Crippen molar-refractivity contribution in [2.45, 2.75) is 57.2 Å². The smallest absolute Gasteiger partial charge is 0.317 e. The average molecular weight is 225 g/mol. The molecule has 0 aromatic carbocycles. The highest BCUT2D eigenvalue weighted by atomic mass is 16.2. The Morgan fingerprint density at radius 1 is 1.38 bits per heavy atom. The van der Waals surface area contributed by atoms with Crippen molar-refractivity contribution >= 4 is 6.03 Å². The largest absolute Gasteiger partial charge is 0.338 e. The van der Waals surface area contributed by atoms with Gasteiger partial charge in [0.05, 0.1) is 0 Å². The molecule has 2 rings (SSSR count). The van der Waals surface area contributed by atoms with Gasteiger partial charge in [-0.05, 0) is 32.1 Å². The highest BCUT2D eigenvalue weighted by Crippen LogP contribution is 2.29. The van der Waals surface area contributed by atoms with E-state index in [9.17, 15) is 4.79 Å². The molecule has 0 aromatic heterocycles. The Balaban J connectivity index is 1.84. The Morgan fingerprint density at radius 3 is 2.56 bits per heavy atom. The summed E-state index contributed by atoms with van der Waals surface area (Å²) in [6.45, 7) is 2.85. The summed E-state index contributed by atoms with van der Waals surface area (Å²) in [5, 5.41) is 6.54. The first-order valence-corrected chi connectivity index (χ1v) is 6.47. The summed E-state index contributed by atoms with van der Waals surface area (Å²) in [6.07, 6.45) is 5.80. The van der Waals surface area contributed by atoms with Crippen LogP contribution in [-0.2, 0) is 0 Å². The van der Waals surface area contributed by atoms with Gasteiger partial charge in [-0.15, -0.1) is 0 Å². The highest BCUT2D eigenvalue weighted by molar-refractivity contribution is 5.74. The third kappa shape index (κ3) is 2.48. The minimum absolute atomic E-state index is 0.0909. The van der Waals surface area contributed by atoms with Crippen LogP contribution < -0.4 is 10.6 Å². The lowest BCUT2D eigenvalue weighted by Gasteiger charge is -2.35. The van der Waals surface area contributed by atoms with E-state index in [1.807, 2.05) is 11.9 Å². The first-order valence-electron chi connectivity index (χ1n) is 6.47. The van der Waals surface area contributed by atoms with Gasteiger partial charge in [-0.3, -0.25) is 0 Å². The number of nitrogens with zero attached hydrogens (tertiary/aromatic N) is 1. The van der Waals surface area contributed by atoms with Crippen molar-refractivity contribution < 1.29 is 4.79 Å². The van der Waals surface area contributed by atoms with E-state index in [0.717, 1.165) is 25.8 Å². The van der Waals surface area contributed by atoms with E-state index in [0.29, 0.717) is 18.1 Å². The fraction of sp³-hybridized carbons (Fsp3) is 0.917. The lowest BCUT2D eigenvalue weighted by Crippen LogP contribution is -2.51. The first kappa shape index (κ1) is 11.7. The van der Waals surface area contributed by atoms with Crippen LogP contribution in [0.5, 0.6) is 0 Å². The number of carbonyl (C=O) groups is 1. The van der Waals surface area contributed by atoms with Gasteiger partial charge in [-0.2, -0.15) is 0 Å².